The molecule has 0 aliphatic carbocycles. The zero-order valence-corrected chi connectivity index (χ0v) is 11.8. The van der Waals surface area contributed by atoms with Crippen LogP contribution in [0.1, 0.15) is 12.2 Å². The van der Waals surface area contributed by atoms with Gasteiger partial charge in [-0.05, 0) is 0 Å². The van der Waals surface area contributed by atoms with Crippen molar-refractivity contribution in [2.75, 3.05) is 24.6 Å². The number of carbonyl (C=O) groups excluding carboxylic acids is 1. The highest BCUT2D eigenvalue weighted by Crippen LogP contribution is 2.13. The summed E-state index contributed by atoms with van der Waals surface area (Å²) in [7, 11) is -3.01. The van der Waals surface area contributed by atoms with E-state index in [9.17, 15) is 13.2 Å². The Morgan fingerprint density at radius 1 is 1.45 bits per heavy atom. The number of hydrogen-bond acceptors (Lipinski definition) is 6. The molecule has 3 rings (SSSR count). The van der Waals surface area contributed by atoms with Crippen LogP contribution in [0.3, 0.4) is 0 Å². The maximum Gasteiger partial charge on any atom is 0.224 e. The lowest BCUT2D eigenvalue weighted by atomic mass is 10.2. The van der Waals surface area contributed by atoms with Gasteiger partial charge in [0.15, 0.2) is 15.7 Å². The summed E-state index contributed by atoms with van der Waals surface area (Å²) in [5, 5.41) is 10.9. The molecule has 1 amide bonds. The fourth-order valence-electron chi connectivity index (χ4n) is 2.62. The molecule has 0 saturated carbocycles. The van der Waals surface area contributed by atoms with Crippen molar-refractivity contribution in [2.45, 2.75) is 25.6 Å². The molecule has 0 aromatic carbocycles. The molecule has 1 aromatic heterocycles. The Morgan fingerprint density at radius 2 is 2.30 bits per heavy atom. The van der Waals surface area contributed by atoms with E-state index >= 15 is 0 Å². The smallest absolute Gasteiger partial charge is 0.224 e. The molecule has 0 bridgehead atoms. The number of aromatic nitrogens is 3. The number of rotatable bonds is 2. The highest BCUT2D eigenvalue weighted by Gasteiger charge is 2.29. The van der Waals surface area contributed by atoms with Crippen molar-refractivity contribution in [1.29, 1.82) is 0 Å². The molecule has 1 atom stereocenters. The normalized spacial score (nSPS) is 25.2. The van der Waals surface area contributed by atoms with Crippen LogP contribution in [0.2, 0.25) is 0 Å². The second-order valence-electron chi connectivity index (χ2n) is 5.23. The SMILES string of the molecule is O=C(CC1CS(=O)(=O)CCN1)N1CCn2cnnc2C1. The van der Waals surface area contributed by atoms with Gasteiger partial charge in [0, 0.05) is 32.1 Å². The first-order valence-corrected chi connectivity index (χ1v) is 8.44. The summed E-state index contributed by atoms with van der Waals surface area (Å²) in [6.45, 7) is 2.17. The van der Waals surface area contributed by atoms with Gasteiger partial charge in [0.05, 0.1) is 18.1 Å². The number of hydrogen-bond donors (Lipinski definition) is 1. The van der Waals surface area contributed by atoms with E-state index in [0.29, 0.717) is 26.2 Å². The predicted octanol–water partition coefficient (Wildman–Crippen LogP) is -1.60. The van der Waals surface area contributed by atoms with Crippen molar-refractivity contribution < 1.29 is 13.2 Å². The standard InChI is InChI=1S/C11H17N5O3S/c17-11(5-9-7-20(18,19)4-1-12-9)15-2-3-16-8-13-14-10(16)6-15/h8-9,12H,1-7H2. The predicted molar refractivity (Wildman–Crippen MR) is 70.5 cm³/mol. The van der Waals surface area contributed by atoms with Crippen molar-refractivity contribution in [2.24, 2.45) is 0 Å². The Bertz CT molecular complexity index is 611. The minimum absolute atomic E-state index is 0.0335. The largest absolute Gasteiger partial charge is 0.333 e. The lowest BCUT2D eigenvalue weighted by molar-refractivity contribution is -0.133. The van der Waals surface area contributed by atoms with Crippen molar-refractivity contribution in [3.05, 3.63) is 12.2 Å². The van der Waals surface area contributed by atoms with E-state index in [1.165, 1.54) is 0 Å². The van der Waals surface area contributed by atoms with Gasteiger partial charge in [0.2, 0.25) is 5.91 Å². The maximum atomic E-state index is 12.2. The molecule has 9 heteroatoms. The van der Waals surface area contributed by atoms with E-state index in [2.05, 4.69) is 15.5 Å². The number of sulfone groups is 1. The summed E-state index contributed by atoms with van der Waals surface area (Å²) in [5.74, 6) is 0.940. The summed E-state index contributed by atoms with van der Waals surface area (Å²) < 4.78 is 25.0. The fraction of sp³-hybridized carbons (Fsp3) is 0.727. The Balaban J connectivity index is 1.60. The third-order valence-corrected chi connectivity index (χ3v) is 5.45. The average molecular weight is 299 g/mol. The number of amides is 1. The van der Waals surface area contributed by atoms with Gasteiger partial charge in [-0.25, -0.2) is 8.42 Å². The van der Waals surface area contributed by atoms with Gasteiger partial charge in [-0.2, -0.15) is 0 Å². The minimum atomic E-state index is -3.01. The fourth-order valence-corrected chi connectivity index (χ4v) is 4.06. The van der Waals surface area contributed by atoms with Gasteiger partial charge in [-0.15, -0.1) is 10.2 Å². The average Bonchev–Trinajstić information content (AvgIpc) is 2.84. The molecule has 1 fully saturated rings. The van der Waals surface area contributed by atoms with Crippen LogP contribution in [-0.2, 0) is 27.7 Å². The van der Waals surface area contributed by atoms with Crippen molar-refractivity contribution in [1.82, 2.24) is 25.0 Å². The summed E-state index contributed by atoms with van der Waals surface area (Å²) >= 11 is 0. The second kappa shape index (κ2) is 5.13. The molecule has 0 spiro atoms. The summed E-state index contributed by atoms with van der Waals surface area (Å²) in [4.78, 5) is 14.0. The van der Waals surface area contributed by atoms with Crippen molar-refractivity contribution in [3.8, 4) is 0 Å². The Kier molecular flexibility index (Phi) is 3.47. The second-order valence-corrected chi connectivity index (χ2v) is 7.45. The summed E-state index contributed by atoms with van der Waals surface area (Å²) in [6, 6.07) is -0.277. The van der Waals surface area contributed by atoms with E-state index in [0.717, 1.165) is 5.82 Å². The number of carbonyl (C=O) groups is 1. The molecule has 0 radical (unpaired) electrons. The van der Waals surface area contributed by atoms with E-state index in [1.54, 1.807) is 11.2 Å². The van der Waals surface area contributed by atoms with Crippen LogP contribution in [-0.4, -0.2) is 64.6 Å². The van der Waals surface area contributed by atoms with Crippen LogP contribution in [0.4, 0.5) is 0 Å². The molecule has 1 aromatic rings. The molecular formula is C11H17N5O3S. The summed E-state index contributed by atoms with van der Waals surface area (Å²) in [6.07, 6.45) is 1.87. The molecule has 3 heterocycles. The van der Waals surface area contributed by atoms with E-state index < -0.39 is 9.84 Å². The minimum Gasteiger partial charge on any atom is -0.333 e. The van der Waals surface area contributed by atoms with Crippen molar-refractivity contribution in [3.63, 3.8) is 0 Å². The van der Waals surface area contributed by atoms with Crippen LogP contribution >= 0.6 is 0 Å². The molecule has 2 aliphatic rings. The summed E-state index contributed by atoms with van der Waals surface area (Å²) in [5.41, 5.74) is 0. The molecule has 20 heavy (non-hydrogen) atoms. The van der Waals surface area contributed by atoms with Gasteiger partial charge in [0.1, 0.15) is 6.33 Å². The molecule has 110 valence electrons. The van der Waals surface area contributed by atoms with E-state index in [1.807, 2.05) is 4.57 Å². The number of fused-ring (bicyclic) bond motifs is 1. The Hall–Kier alpha value is -1.48. The van der Waals surface area contributed by atoms with Gasteiger partial charge in [-0.3, -0.25) is 4.79 Å². The first kappa shape index (κ1) is 13.5. The van der Waals surface area contributed by atoms with Crippen LogP contribution in [0.15, 0.2) is 6.33 Å². The van der Waals surface area contributed by atoms with Gasteiger partial charge < -0.3 is 14.8 Å². The zero-order valence-electron chi connectivity index (χ0n) is 11.0. The lowest BCUT2D eigenvalue weighted by Crippen LogP contribution is -2.48. The third-order valence-electron chi connectivity index (χ3n) is 3.71. The zero-order chi connectivity index (χ0) is 14.2. The van der Waals surface area contributed by atoms with Gasteiger partial charge >= 0.3 is 0 Å². The Labute approximate surface area is 117 Å². The van der Waals surface area contributed by atoms with Gasteiger partial charge in [-0.1, -0.05) is 0 Å². The number of nitrogens with zero attached hydrogens (tertiary/aromatic N) is 4. The van der Waals surface area contributed by atoms with E-state index in [-0.39, 0.29) is 29.9 Å². The molecular weight excluding hydrogens is 282 g/mol. The maximum absolute atomic E-state index is 12.2. The Morgan fingerprint density at radius 3 is 3.10 bits per heavy atom. The first-order valence-electron chi connectivity index (χ1n) is 6.62. The molecule has 1 N–H and O–H groups in total. The quantitative estimate of drug-likeness (QED) is 0.706. The van der Waals surface area contributed by atoms with Gasteiger partial charge in [0.25, 0.3) is 0 Å². The molecule has 1 unspecified atom stereocenters. The van der Waals surface area contributed by atoms with Crippen LogP contribution in [0.5, 0.6) is 0 Å². The monoisotopic (exact) mass is 299 g/mol. The molecule has 8 nitrogen and oxygen atoms in total. The number of nitrogens with one attached hydrogen (secondary N) is 1. The lowest BCUT2D eigenvalue weighted by Gasteiger charge is -2.30. The van der Waals surface area contributed by atoms with Crippen LogP contribution in [0.25, 0.3) is 0 Å². The first-order chi connectivity index (χ1) is 9.53. The third kappa shape index (κ3) is 2.83. The molecule has 1 saturated heterocycles. The van der Waals surface area contributed by atoms with Crippen LogP contribution < -0.4 is 5.32 Å². The highest BCUT2D eigenvalue weighted by molar-refractivity contribution is 7.91. The topological polar surface area (TPSA) is 97.2 Å². The highest BCUT2D eigenvalue weighted by atomic mass is 32.2. The van der Waals surface area contributed by atoms with E-state index in [4.69, 9.17) is 0 Å². The van der Waals surface area contributed by atoms with Crippen molar-refractivity contribution >= 4 is 15.7 Å². The molecule has 2 aliphatic heterocycles. The van der Waals surface area contributed by atoms with Crippen LogP contribution in [0, 0.1) is 0 Å².